The van der Waals surface area contributed by atoms with Crippen LogP contribution in [0.2, 0.25) is 0 Å². The van der Waals surface area contributed by atoms with Gasteiger partial charge < -0.3 is 15.2 Å². The number of nitrogens with two attached hydrogens (primary N) is 1. The molecular weight excluding hydrogens is 242 g/mol. The van der Waals surface area contributed by atoms with Gasteiger partial charge in [0.05, 0.1) is 5.56 Å². The predicted octanol–water partition coefficient (Wildman–Crippen LogP) is 0.533. The summed E-state index contributed by atoms with van der Waals surface area (Å²) in [5, 5.41) is 0. The first-order chi connectivity index (χ1) is 9.11. The highest BCUT2D eigenvalue weighted by Gasteiger charge is 2.24. The Bertz CT molecular complexity index is 433. The van der Waals surface area contributed by atoms with E-state index >= 15 is 0 Å². The van der Waals surface area contributed by atoms with E-state index in [4.69, 9.17) is 5.84 Å². The van der Waals surface area contributed by atoms with Gasteiger partial charge in [-0.3, -0.25) is 4.79 Å². The molecule has 1 saturated heterocycles. The van der Waals surface area contributed by atoms with E-state index in [9.17, 15) is 4.79 Å². The lowest BCUT2D eigenvalue weighted by molar-refractivity contribution is 0.0696. The average molecular weight is 263 g/mol. The summed E-state index contributed by atoms with van der Waals surface area (Å²) < 4.78 is 0. The van der Waals surface area contributed by atoms with E-state index in [1.54, 1.807) is 18.3 Å². The van der Waals surface area contributed by atoms with Gasteiger partial charge in [-0.15, -0.1) is 0 Å². The summed E-state index contributed by atoms with van der Waals surface area (Å²) in [6.45, 7) is 4.81. The standard InChI is InChI=1S/C13H21N5O/c1-10-9-17(2)6-3-7-18(10)13(19)11-4-5-12(16-14)15-8-11/h4-5,8,10H,3,6-7,9,14H2,1-2H3,(H,15,16). The maximum absolute atomic E-state index is 12.5. The molecule has 1 unspecified atom stereocenters. The van der Waals surface area contributed by atoms with Crippen molar-refractivity contribution in [2.24, 2.45) is 5.84 Å². The number of hydrogen-bond donors (Lipinski definition) is 2. The fourth-order valence-corrected chi connectivity index (χ4v) is 2.45. The second-order valence-corrected chi connectivity index (χ2v) is 5.04. The van der Waals surface area contributed by atoms with Gasteiger partial charge in [-0.25, -0.2) is 10.8 Å². The number of hydrogen-bond acceptors (Lipinski definition) is 5. The van der Waals surface area contributed by atoms with Crippen LogP contribution in [0.15, 0.2) is 18.3 Å². The van der Waals surface area contributed by atoms with E-state index in [-0.39, 0.29) is 11.9 Å². The second kappa shape index (κ2) is 5.99. The summed E-state index contributed by atoms with van der Waals surface area (Å²) in [6, 6.07) is 3.68. The minimum atomic E-state index is 0.0406. The number of carbonyl (C=O) groups is 1. The molecule has 1 atom stereocenters. The van der Waals surface area contributed by atoms with Crippen molar-refractivity contribution in [3.8, 4) is 0 Å². The molecule has 0 radical (unpaired) electrons. The molecule has 1 aromatic rings. The monoisotopic (exact) mass is 263 g/mol. The first-order valence-electron chi connectivity index (χ1n) is 6.54. The molecule has 6 heteroatoms. The minimum Gasteiger partial charge on any atom is -0.335 e. The third-order valence-electron chi connectivity index (χ3n) is 3.47. The number of anilines is 1. The number of rotatable bonds is 2. The van der Waals surface area contributed by atoms with Crippen LogP contribution in [0.4, 0.5) is 5.82 Å². The zero-order chi connectivity index (χ0) is 13.8. The Morgan fingerprint density at radius 2 is 2.26 bits per heavy atom. The molecule has 0 aromatic carbocycles. The summed E-state index contributed by atoms with van der Waals surface area (Å²) in [7, 11) is 2.09. The molecule has 0 bridgehead atoms. The highest BCUT2D eigenvalue weighted by molar-refractivity contribution is 5.94. The molecule has 1 aromatic heterocycles. The first kappa shape index (κ1) is 13.8. The minimum absolute atomic E-state index is 0.0406. The molecule has 1 fully saturated rings. The number of carbonyl (C=O) groups excluding carboxylic acids is 1. The Hall–Kier alpha value is -1.66. The quantitative estimate of drug-likeness (QED) is 0.601. The van der Waals surface area contributed by atoms with Crippen molar-refractivity contribution in [1.29, 1.82) is 0 Å². The van der Waals surface area contributed by atoms with Crippen LogP contribution in [-0.2, 0) is 0 Å². The lowest BCUT2D eigenvalue weighted by Crippen LogP contribution is -2.42. The van der Waals surface area contributed by atoms with E-state index < -0.39 is 0 Å². The number of nitrogens with zero attached hydrogens (tertiary/aromatic N) is 3. The molecular formula is C13H21N5O. The number of nitrogen functional groups attached to an aromatic ring is 1. The smallest absolute Gasteiger partial charge is 0.255 e. The molecule has 0 aliphatic carbocycles. The number of nitrogens with one attached hydrogen (secondary N) is 1. The van der Waals surface area contributed by atoms with Gasteiger partial charge in [0.25, 0.3) is 5.91 Å². The number of pyridine rings is 1. The van der Waals surface area contributed by atoms with Gasteiger partial charge in [-0.05, 0) is 39.1 Å². The van der Waals surface area contributed by atoms with Crippen molar-refractivity contribution in [2.75, 3.05) is 32.1 Å². The predicted molar refractivity (Wildman–Crippen MR) is 74.7 cm³/mol. The van der Waals surface area contributed by atoms with Crippen molar-refractivity contribution in [1.82, 2.24) is 14.8 Å². The van der Waals surface area contributed by atoms with E-state index in [0.29, 0.717) is 11.4 Å². The fourth-order valence-electron chi connectivity index (χ4n) is 2.45. The normalized spacial score (nSPS) is 21.0. The van der Waals surface area contributed by atoms with E-state index in [0.717, 1.165) is 26.1 Å². The summed E-state index contributed by atoms with van der Waals surface area (Å²) in [4.78, 5) is 20.8. The van der Waals surface area contributed by atoms with Gasteiger partial charge in [-0.2, -0.15) is 0 Å². The Balaban J connectivity index is 2.12. The molecule has 0 saturated carbocycles. The van der Waals surface area contributed by atoms with E-state index in [1.807, 2.05) is 4.90 Å². The number of amides is 1. The van der Waals surface area contributed by atoms with Gasteiger partial charge >= 0.3 is 0 Å². The third kappa shape index (κ3) is 3.21. The largest absolute Gasteiger partial charge is 0.335 e. The van der Waals surface area contributed by atoms with Crippen molar-refractivity contribution < 1.29 is 4.79 Å². The highest BCUT2D eigenvalue weighted by Crippen LogP contribution is 2.14. The highest BCUT2D eigenvalue weighted by atomic mass is 16.2. The lowest BCUT2D eigenvalue weighted by Gasteiger charge is -2.28. The van der Waals surface area contributed by atoms with E-state index in [1.165, 1.54) is 0 Å². The second-order valence-electron chi connectivity index (χ2n) is 5.04. The maximum atomic E-state index is 12.5. The van der Waals surface area contributed by atoms with Gasteiger partial charge in [0, 0.05) is 25.3 Å². The van der Waals surface area contributed by atoms with Crippen LogP contribution in [0.25, 0.3) is 0 Å². The number of hydrazine groups is 1. The van der Waals surface area contributed by atoms with Crippen LogP contribution < -0.4 is 11.3 Å². The van der Waals surface area contributed by atoms with Crippen LogP contribution in [0.5, 0.6) is 0 Å². The Kier molecular flexibility index (Phi) is 4.34. The topological polar surface area (TPSA) is 74.5 Å². The van der Waals surface area contributed by atoms with Crippen molar-refractivity contribution >= 4 is 11.7 Å². The Morgan fingerprint density at radius 1 is 1.47 bits per heavy atom. The van der Waals surface area contributed by atoms with E-state index in [2.05, 4.69) is 29.3 Å². The van der Waals surface area contributed by atoms with Crippen molar-refractivity contribution in [3.05, 3.63) is 23.9 Å². The Labute approximate surface area is 113 Å². The van der Waals surface area contributed by atoms with Crippen LogP contribution in [0, 0.1) is 0 Å². The number of aromatic nitrogens is 1. The molecule has 2 rings (SSSR count). The SMILES string of the molecule is CC1CN(C)CCCN1C(=O)c1ccc(NN)nc1. The summed E-state index contributed by atoms with van der Waals surface area (Å²) in [5.74, 6) is 5.86. The molecule has 6 nitrogen and oxygen atoms in total. The summed E-state index contributed by atoms with van der Waals surface area (Å²) in [6.07, 6.45) is 2.57. The maximum Gasteiger partial charge on any atom is 0.255 e. The fraction of sp³-hybridized carbons (Fsp3) is 0.538. The van der Waals surface area contributed by atoms with Crippen LogP contribution in [-0.4, -0.2) is 53.4 Å². The number of likely N-dealkylation sites (N-methyl/N-ethyl adjacent to an activating group) is 1. The zero-order valence-corrected chi connectivity index (χ0v) is 11.5. The van der Waals surface area contributed by atoms with Crippen LogP contribution in [0.3, 0.4) is 0 Å². The van der Waals surface area contributed by atoms with Crippen molar-refractivity contribution in [2.45, 2.75) is 19.4 Å². The lowest BCUT2D eigenvalue weighted by atomic mass is 10.2. The molecule has 104 valence electrons. The Morgan fingerprint density at radius 3 is 2.89 bits per heavy atom. The molecule has 2 heterocycles. The molecule has 1 amide bonds. The van der Waals surface area contributed by atoms with Gasteiger partial charge in [0.1, 0.15) is 5.82 Å². The third-order valence-corrected chi connectivity index (χ3v) is 3.47. The van der Waals surface area contributed by atoms with Gasteiger partial charge in [0.15, 0.2) is 0 Å². The van der Waals surface area contributed by atoms with Gasteiger partial charge in [0.2, 0.25) is 0 Å². The summed E-state index contributed by atoms with van der Waals surface area (Å²) >= 11 is 0. The van der Waals surface area contributed by atoms with Crippen LogP contribution >= 0.6 is 0 Å². The van der Waals surface area contributed by atoms with Gasteiger partial charge in [-0.1, -0.05) is 0 Å². The molecule has 19 heavy (non-hydrogen) atoms. The molecule has 0 spiro atoms. The molecule has 1 aliphatic heterocycles. The molecule has 1 aliphatic rings. The van der Waals surface area contributed by atoms with Crippen LogP contribution in [0.1, 0.15) is 23.7 Å². The molecule has 3 N–H and O–H groups in total. The summed E-state index contributed by atoms with van der Waals surface area (Å²) in [5.41, 5.74) is 3.06. The zero-order valence-electron chi connectivity index (χ0n) is 11.5. The first-order valence-corrected chi connectivity index (χ1v) is 6.54. The van der Waals surface area contributed by atoms with Crippen molar-refractivity contribution in [3.63, 3.8) is 0 Å². The average Bonchev–Trinajstić information content (AvgIpc) is 2.58.